The summed E-state index contributed by atoms with van der Waals surface area (Å²) in [6, 6.07) is 8.85. The fraction of sp³-hybridized carbons (Fsp3) is 0.143. The molecule has 0 aliphatic carbocycles. The van der Waals surface area contributed by atoms with Gasteiger partial charge in [-0.15, -0.1) is 11.3 Å². The summed E-state index contributed by atoms with van der Waals surface area (Å²) in [7, 11) is -1.96. The van der Waals surface area contributed by atoms with Gasteiger partial charge in [0, 0.05) is 29.3 Å². The zero-order chi connectivity index (χ0) is 15.0. The number of hydrogen-bond acceptors (Lipinski definition) is 4. The van der Waals surface area contributed by atoms with E-state index in [1.165, 1.54) is 12.3 Å². The molecule has 0 aliphatic rings. The molecule has 2 N–H and O–H groups in total. The molecule has 0 fully saturated rings. The van der Waals surface area contributed by atoms with E-state index >= 15 is 0 Å². The van der Waals surface area contributed by atoms with E-state index in [-0.39, 0.29) is 11.5 Å². The van der Waals surface area contributed by atoms with Gasteiger partial charge < -0.3 is 9.67 Å². The van der Waals surface area contributed by atoms with Crippen LogP contribution in [0.4, 0.5) is 5.69 Å². The Bertz CT molecular complexity index is 894. The molecule has 0 saturated heterocycles. The van der Waals surface area contributed by atoms with E-state index in [1.54, 1.807) is 35.1 Å². The Morgan fingerprint density at radius 2 is 2.10 bits per heavy atom. The van der Waals surface area contributed by atoms with Gasteiger partial charge in [-0.2, -0.15) is 0 Å². The van der Waals surface area contributed by atoms with Crippen LogP contribution < -0.4 is 4.72 Å². The third kappa shape index (κ3) is 2.67. The number of anilines is 1. The first-order chi connectivity index (χ1) is 9.99. The second kappa shape index (κ2) is 5.18. The molecule has 0 radical (unpaired) electrons. The number of fused-ring (bicyclic) bond motifs is 1. The molecule has 110 valence electrons. The minimum Gasteiger partial charge on any atom is -0.390 e. The van der Waals surface area contributed by atoms with E-state index in [0.717, 1.165) is 10.1 Å². The molecule has 0 saturated carbocycles. The molecule has 21 heavy (non-hydrogen) atoms. The highest BCUT2D eigenvalue weighted by Gasteiger charge is 2.17. The lowest BCUT2D eigenvalue weighted by Gasteiger charge is -2.06. The maximum atomic E-state index is 12.4. The molecule has 2 aromatic heterocycles. The predicted octanol–water partition coefficient (Wildman–Crippen LogP) is 2.53. The van der Waals surface area contributed by atoms with Crippen molar-refractivity contribution in [2.24, 2.45) is 7.05 Å². The van der Waals surface area contributed by atoms with Crippen LogP contribution in [0.15, 0.2) is 46.8 Å². The molecule has 7 heteroatoms. The molecule has 0 aliphatic heterocycles. The van der Waals surface area contributed by atoms with Crippen molar-refractivity contribution >= 4 is 37.1 Å². The first-order valence-electron chi connectivity index (χ1n) is 6.26. The lowest BCUT2D eigenvalue weighted by Crippen LogP contribution is -2.12. The highest BCUT2D eigenvalue weighted by molar-refractivity contribution is 7.92. The van der Waals surface area contributed by atoms with E-state index in [1.807, 2.05) is 17.5 Å². The largest absolute Gasteiger partial charge is 0.390 e. The van der Waals surface area contributed by atoms with Gasteiger partial charge in [-0.25, -0.2) is 8.42 Å². The number of aromatic nitrogens is 1. The van der Waals surface area contributed by atoms with E-state index in [2.05, 4.69) is 4.72 Å². The summed E-state index contributed by atoms with van der Waals surface area (Å²) in [4.78, 5) is 0.138. The molecule has 0 unspecified atom stereocenters. The van der Waals surface area contributed by atoms with Crippen molar-refractivity contribution in [2.75, 3.05) is 4.72 Å². The van der Waals surface area contributed by atoms with Crippen molar-refractivity contribution < 1.29 is 13.5 Å². The zero-order valence-electron chi connectivity index (χ0n) is 11.3. The Kier molecular flexibility index (Phi) is 3.48. The van der Waals surface area contributed by atoms with Crippen LogP contribution in [-0.4, -0.2) is 18.1 Å². The Morgan fingerprint density at radius 1 is 1.29 bits per heavy atom. The summed E-state index contributed by atoms with van der Waals surface area (Å²) in [6.07, 6.45) is 1.48. The number of nitrogens with zero attached hydrogens (tertiary/aromatic N) is 1. The topological polar surface area (TPSA) is 71.3 Å². The number of benzene rings is 1. The van der Waals surface area contributed by atoms with Gasteiger partial charge in [0.25, 0.3) is 10.0 Å². The van der Waals surface area contributed by atoms with Crippen LogP contribution in [0, 0.1) is 0 Å². The zero-order valence-corrected chi connectivity index (χ0v) is 12.9. The molecule has 3 rings (SSSR count). The smallest absolute Gasteiger partial charge is 0.263 e. The van der Waals surface area contributed by atoms with Crippen molar-refractivity contribution in [3.63, 3.8) is 0 Å². The van der Waals surface area contributed by atoms with Crippen molar-refractivity contribution in [3.05, 3.63) is 47.6 Å². The van der Waals surface area contributed by atoms with Gasteiger partial charge in [0.05, 0.1) is 6.61 Å². The van der Waals surface area contributed by atoms with Crippen molar-refractivity contribution in [3.8, 4) is 0 Å². The molecular weight excluding hydrogens is 308 g/mol. The van der Waals surface area contributed by atoms with Crippen LogP contribution in [0.3, 0.4) is 0 Å². The number of thiophene rings is 1. The van der Waals surface area contributed by atoms with Crippen LogP contribution in [-0.2, 0) is 23.7 Å². The lowest BCUT2D eigenvalue weighted by atomic mass is 10.2. The highest BCUT2D eigenvalue weighted by atomic mass is 32.2. The Labute approximate surface area is 126 Å². The maximum absolute atomic E-state index is 12.4. The van der Waals surface area contributed by atoms with Crippen molar-refractivity contribution in [1.29, 1.82) is 0 Å². The number of sulfonamides is 1. The molecule has 2 heterocycles. The summed E-state index contributed by atoms with van der Waals surface area (Å²) < 4.78 is 30.0. The highest BCUT2D eigenvalue weighted by Crippen LogP contribution is 2.25. The molecule has 0 amide bonds. The molecule has 0 atom stereocenters. The normalized spacial score (nSPS) is 11.9. The SMILES string of the molecule is Cn1cc(S(=O)(=O)Nc2ccc3sccc3c2)cc1CO. The van der Waals surface area contributed by atoms with Crippen molar-refractivity contribution in [2.45, 2.75) is 11.5 Å². The number of nitrogens with one attached hydrogen (secondary N) is 1. The van der Waals surface area contributed by atoms with E-state index in [0.29, 0.717) is 11.4 Å². The number of aliphatic hydroxyl groups excluding tert-OH is 1. The molecule has 1 aromatic carbocycles. The number of aliphatic hydroxyl groups is 1. The monoisotopic (exact) mass is 322 g/mol. The average molecular weight is 322 g/mol. The molecule has 0 bridgehead atoms. The van der Waals surface area contributed by atoms with Gasteiger partial charge in [0.1, 0.15) is 4.90 Å². The number of aryl methyl sites for hydroxylation is 1. The van der Waals surface area contributed by atoms with Crippen LogP contribution in [0.5, 0.6) is 0 Å². The Hall–Kier alpha value is -1.83. The standard InChI is InChI=1S/C14H14N2O3S2/c1-16-8-13(7-12(16)9-17)21(18,19)15-11-2-3-14-10(6-11)4-5-20-14/h2-8,15,17H,9H2,1H3. The minimum atomic E-state index is -3.66. The Balaban J connectivity index is 1.94. The second-order valence-corrected chi connectivity index (χ2v) is 7.34. The quantitative estimate of drug-likeness (QED) is 0.775. The predicted molar refractivity (Wildman–Crippen MR) is 84.0 cm³/mol. The maximum Gasteiger partial charge on any atom is 0.263 e. The Morgan fingerprint density at radius 3 is 2.81 bits per heavy atom. The summed E-state index contributed by atoms with van der Waals surface area (Å²) in [6.45, 7) is -0.202. The van der Waals surface area contributed by atoms with Gasteiger partial charge in [0.2, 0.25) is 0 Å². The number of hydrogen-bond donors (Lipinski definition) is 2. The first-order valence-corrected chi connectivity index (χ1v) is 8.62. The molecule has 0 spiro atoms. The van der Waals surface area contributed by atoms with Gasteiger partial charge >= 0.3 is 0 Å². The van der Waals surface area contributed by atoms with Gasteiger partial charge in [0.15, 0.2) is 0 Å². The lowest BCUT2D eigenvalue weighted by molar-refractivity contribution is 0.272. The van der Waals surface area contributed by atoms with Gasteiger partial charge in [-0.1, -0.05) is 0 Å². The molecule has 3 aromatic rings. The third-order valence-electron chi connectivity index (χ3n) is 3.26. The summed E-state index contributed by atoms with van der Waals surface area (Å²) in [5.74, 6) is 0. The van der Waals surface area contributed by atoms with Crippen LogP contribution in [0.1, 0.15) is 5.69 Å². The first kappa shape index (κ1) is 14.1. The second-order valence-electron chi connectivity index (χ2n) is 4.71. The van der Waals surface area contributed by atoms with E-state index in [4.69, 9.17) is 5.11 Å². The van der Waals surface area contributed by atoms with E-state index < -0.39 is 10.0 Å². The fourth-order valence-electron chi connectivity index (χ4n) is 2.13. The summed E-state index contributed by atoms with van der Waals surface area (Å²) in [5.41, 5.74) is 1.07. The third-order valence-corrected chi connectivity index (χ3v) is 5.51. The van der Waals surface area contributed by atoms with Crippen LogP contribution >= 0.6 is 11.3 Å². The summed E-state index contributed by atoms with van der Waals surface area (Å²) >= 11 is 1.61. The van der Waals surface area contributed by atoms with Gasteiger partial charge in [-0.05, 0) is 41.1 Å². The summed E-state index contributed by atoms with van der Waals surface area (Å²) in [5, 5.41) is 12.1. The molecular formula is C14H14N2O3S2. The van der Waals surface area contributed by atoms with E-state index in [9.17, 15) is 8.42 Å². The average Bonchev–Trinajstić information content (AvgIpc) is 3.04. The van der Waals surface area contributed by atoms with Crippen LogP contribution in [0.2, 0.25) is 0 Å². The fourth-order valence-corrected chi connectivity index (χ4v) is 4.04. The van der Waals surface area contributed by atoms with Gasteiger partial charge in [-0.3, -0.25) is 4.72 Å². The minimum absolute atomic E-state index is 0.138. The van der Waals surface area contributed by atoms with Crippen LogP contribution in [0.25, 0.3) is 10.1 Å². The van der Waals surface area contributed by atoms with Crippen molar-refractivity contribution in [1.82, 2.24) is 4.57 Å². The molecule has 5 nitrogen and oxygen atoms in total. The number of rotatable bonds is 4.